The zero-order valence-electron chi connectivity index (χ0n) is 15.9. The van der Waals surface area contributed by atoms with E-state index >= 15 is 0 Å². The van der Waals surface area contributed by atoms with Crippen LogP contribution in [0.15, 0.2) is 23.1 Å². The number of carbonyl (C=O) groups excluding carboxylic acids is 1. The van der Waals surface area contributed by atoms with Crippen LogP contribution >= 0.6 is 0 Å². The first-order valence-corrected chi connectivity index (χ1v) is 10.1. The van der Waals surface area contributed by atoms with Gasteiger partial charge in [-0.15, -0.1) is 0 Å². The van der Waals surface area contributed by atoms with E-state index in [-0.39, 0.29) is 23.7 Å². The molecule has 12 heteroatoms. The van der Waals surface area contributed by atoms with E-state index in [1.165, 1.54) is 17.0 Å². The number of amides is 1. The zero-order valence-corrected chi connectivity index (χ0v) is 16.7. The molecule has 1 amide bonds. The largest absolute Gasteiger partial charge is 0.444 e. The molecule has 3 N–H and O–H groups in total. The minimum atomic E-state index is -4.06. The molecule has 1 aromatic rings. The van der Waals surface area contributed by atoms with Crippen LogP contribution in [0.2, 0.25) is 0 Å². The first kappa shape index (κ1) is 21.9. The Hall–Kier alpha value is -2.44. The lowest BCUT2D eigenvalue weighted by atomic mass is 10.2. The predicted octanol–water partition coefficient (Wildman–Crippen LogP) is 1.29. The number of nitro benzene ring substituents is 1. The molecule has 0 unspecified atom stereocenters. The van der Waals surface area contributed by atoms with Gasteiger partial charge >= 0.3 is 6.09 Å². The SMILES string of the molecule is CC(C)(C)OC(=O)N1CCO[C@@H](CNc2ccc(S(N)(=O)=O)cc2[N+](=O)[O-])C1. The fourth-order valence-corrected chi connectivity index (χ4v) is 3.08. The van der Waals surface area contributed by atoms with Crippen molar-refractivity contribution >= 4 is 27.5 Å². The molecule has 1 heterocycles. The summed E-state index contributed by atoms with van der Waals surface area (Å²) in [6, 6.07) is 3.35. The molecule has 0 bridgehead atoms. The lowest BCUT2D eigenvalue weighted by Crippen LogP contribution is -2.49. The van der Waals surface area contributed by atoms with Crippen LogP contribution < -0.4 is 10.5 Å². The molecule has 1 aliphatic heterocycles. The van der Waals surface area contributed by atoms with Gasteiger partial charge in [-0.25, -0.2) is 18.4 Å². The van der Waals surface area contributed by atoms with Crippen molar-refractivity contribution in [3.05, 3.63) is 28.3 Å². The molecule has 1 atom stereocenters. The van der Waals surface area contributed by atoms with Gasteiger partial charge in [0.15, 0.2) is 0 Å². The van der Waals surface area contributed by atoms with Gasteiger partial charge in [-0.05, 0) is 32.9 Å². The predicted molar refractivity (Wildman–Crippen MR) is 101 cm³/mol. The van der Waals surface area contributed by atoms with Crippen LogP contribution in [-0.4, -0.2) is 62.3 Å². The molecule has 2 rings (SSSR count). The molecule has 0 saturated carbocycles. The van der Waals surface area contributed by atoms with Gasteiger partial charge in [-0.2, -0.15) is 0 Å². The molecule has 156 valence electrons. The van der Waals surface area contributed by atoms with Gasteiger partial charge in [-0.3, -0.25) is 10.1 Å². The van der Waals surface area contributed by atoms with Gasteiger partial charge in [0, 0.05) is 19.2 Å². The summed E-state index contributed by atoms with van der Waals surface area (Å²) in [7, 11) is -4.06. The van der Waals surface area contributed by atoms with Crippen molar-refractivity contribution in [2.24, 2.45) is 5.14 Å². The number of carbonyl (C=O) groups is 1. The van der Waals surface area contributed by atoms with Gasteiger partial charge in [0.1, 0.15) is 11.3 Å². The first-order valence-electron chi connectivity index (χ1n) is 8.51. The number of sulfonamides is 1. The number of ether oxygens (including phenoxy) is 2. The van der Waals surface area contributed by atoms with Crippen molar-refractivity contribution in [2.75, 3.05) is 31.6 Å². The van der Waals surface area contributed by atoms with Gasteiger partial charge in [0.05, 0.1) is 29.1 Å². The number of nitrogens with one attached hydrogen (secondary N) is 1. The Balaban J connectivity index is 2.05. The average molecular weight is 416 g/mol. The Morgan fingerprint density at radius 1 is 1.46 bits per heavy atom. The molecule has 0 spiro atoms. The Morgan fingerprint density at radius 3 is 2.71 bits per heavy atom. The van der Waals surface area contributed by atoms with Crippen molar-refractivity contribution in [3.8, 4) is 0 Å². The highest BCUT2D eigenvalue weighted by molar-refractivity contribution is 7.89. The number of hydrogen-bond donors (Lipinski definition) is 2. The molecule has 1 aliphatic rings. The second kappa shape index (κ2) is 8.29. The number of nitrogens with zero attached hydrogens (tertiary/aromatic N) is 2. The first-order chi connectivity index (χ1) is 12.9. The van der Waals surface area contributed by atoms with Crippen LogP contribution in [0.1, 0.15) is 20.8 Å². The van der Waals surface area contributed by atoms with Crippen LogP contribution in [-0.2, 0) is 19.5 Å². The van der Waals surface area contributed by atoms with Crippen LogP contribution in [0, 0.1) is 10.1 Å². The topological polar surface area (TPSA) is 154 Å². The van der Waals surface area contributed by atoms with Crippen LogP contribution in [0.25, 0.3) is 0 Å². The number of morpholine rings is 1. The van der Waals surface area contributed by atoms with E-state index in [9.17, 15) is 23.3 Å². The summed E-state index contributed by atoms with van der Waals surface area (Å²) in [6.45, 7) is 6.44. The number of nitro groups is 1. The normalized spacial score (nSPS) is 17.9. The highest BCUT2D eigenvalue weighted by Crippen LogP contribution is 2.27. The molecule has 1 saturated heterocycles. The van der Waals surface area contributed by atoms with E-state index in [4.69, 9.17) is 14.6 Å². The number of benzene rings is 1. The monoisotopic (exact) mass is 416 g/mol. The molecule has 1 aromatic carbocycles. The van der Waals surface area contributed by atoms with Gasteiger partial charge < -0.3 is 19.7 Å². The highest BCUT2D eigenvalue weighted by Gasteiger charge is 2.28. The molecular weight excluding hydrogens is 392 g/mol. The minimum absolute atomic E-state index is 0.121. The van der Waals surface area contributed by atoms with E-state index in [0.717, 1.165) is 6.07 Å². The standard InChI is InChI=1S/C16H24N4O7S/c1-16(2,3)27-15(21)19-6-7-26-11(10-19)9-18-13-5-4-12(28(17,24)25)8-14(13)20(22)23/h4-5,8,11,18H,6-7,9-10H2,1-3H3,(H2,17,24,25)/t11-/m0/s1. The molecule has 0 radical (unpaired) electrons. The maximum atomic E-state index is 12.2. The third-order valence-corrected chi connectivity index (χ3v) is 4.72. The van der Waals surface area contributed by atoms with Crippen LogP contribution in [0.3, 0.4) is 0 Å². The highest BCUT2D eigenvalue weighted by atomic mass is 32.2. The Kier molecular flexibility index (Phi) is 6.47. The maximum absolute atomic E-state index is 12.2. The number of hydrogen-bond acceptors (Lipinski definition) is 8. The summed E-state index contributed by atoms with van der Waals surface area (Å²) in [5, 5.41) is 19.1. The van der Waals surface area contributed by atoms with Gasteiger partial charge in [0.2, 0.25) is 10.0 Å². The van der Waals surface area contributed by atoms with Gasteiger partial charge in [0.25, 0.3) is 5.69 Å². The summed E-state index contributed by atoms with van der Waals surface area (Å²) in [4.78, 5) is 23.9. The Bertz CT molecular complexity index is 851. The molecular formula is C16H24N4O7S. The molecule has 28 heavy (non-hydrogen) atoms. The van der Waals surface area contributed by atoms with E-state index in [2.05, 4.69) is 5.32 Å². The van der Waals surface area contributed by atoms with Crippen molar-refractivity contribution in [2.45, 2.75) is 37.4 Å². The zero-order chi connectivity index (χ0) is 21.1. The summed E-state index contributed by atoms with van der Waals surface area (Å²) >= 11 is 0. The quantitative estimate of drug-likeness (QED) is 0.537. The number of primary sulfonamides is 1. The minimum Gasteiger partial charge on any atom is -0.444 e. The summed E-state index contributed by atoms with van der Waals surface area (Å²) in [5.74, 6) is 0. The second-order valence-electron chi connectivity index (χ2n) is 7.28. The van der Waals surface area contributed by atoms with E-state index in [1.54, 1.807) is 20.8 Å². The lowest BCUT2D eigenvalue weighted by Gasteiger charge is -2.34. The Morgan fingerprint density at radius 2 is 2.14 bits per heavy atom. The fourth-order valence-electron chi connectivity index (χ4n) is 2.55. The summed E-state index contributed by atoms with van der Waals surface area (Å²) in [6.07, 6.45) is -0.872. The molecule has 0 aliphatic carbocycles. The summed E-state index contributed by atoms with van der Waals surface area (Å²) in [5.41, 5.74) is -0.920. The van der Waals surface area contributed by atoms with Crippen molar-refractivity contribution in [1.82, 2.24) is 4.90 Å². The third kappa shape index (κ3) is 6.04. The van der Waals surface area contributed by atoms with Gasteiger partial charge in [-0.1, -0.05) is 0 Å². The smallest absolute Gasteiger partial charge is 0.410 e. The average Bonchev–Trinajstić information content (AvgIpc) is 2.57. The van der Waals surface area contributed by atoms with Crippen molar-refractivity contribution in [1.29, 1.82) is 0 Å². The van der Waals surface area contributed by atoms with Crippen LogP contribution in [0.4, 0.5) is 16.2 Å². The second-order valence-corrected chi connectivity index (χ2v) is 8.84. The van der Waals surface area contributed by atoms with Crippen molar-refractivity contribution < 1.29 is 27.6 Å². The number of nitrogens with two attached hydrogens (primary N) is 1. The number of rotatable bonds is 5. The van der Waals surface area contributed by atoms with E-state index < -0.39 is 38.4 Å². The molecule has 0 aromatic heterocycles. The van der Waals surface area contributed by atoms with Crippen molar-refractivity contribution in [3.63, 3.8) is 0 Å². The Labute approximate surface area is 163 Å². The fraction of sp³-hybridized carbons (Fsp3) is 0.562. The maximum Gasteiger partial charge on any atom is 0.410 e. The lowest BCUT2D eigenvalue weighted by molar-refractivity contribution is -0.384. The van der Waals surface area contributed by atoms with E-state index in [1.807, 2.05) is 0 Å². The summed E-state index contributed by atoms with van der Waals surface area (Å²) < 4.78 is 33.7. The van der Waals surface area contributed by atoms with E-state index in [0.29, 0.717) is 13.2 Å². The third-order valence-electron chi connectivity index (χ3n) is 3.81. The van der Waals surface area contributed by atoms with Crippen LogP contribution in [0.5, 0.6) is 0 Å². The molecule has 1 fully saturated rings. The number of anilines is 1. The molecule has 11 nitrogen and oxygen atoms in total.